The second-order valence-electron chi connectivity index (χ2n) is 4.60. The Labute approximate surface area is 112 Å². The van der Waals surface area contributed by atoms with Gasteiger partial charge in [-0.3, -0.25) is 4.79 Å². The zero-order valence-electron chi connectivity index (χ0n) is 10.7. The number of rotatable bonds is 5. The Hall–Kier alpha value is -0.910. The maximum Gasteiger partial charge on any atom is 0.236 e. The second-order valence-corrected chi connectivity index (χ2v) is 5.60. The molecular formula is C13H20N2O2S. The van der Waals surface area contributed by atoms with Crippen LogP contribution in [0.2, 0.25) is 0 Å². The molecule has 0 saturated heterocycles. The van der Waals surface area contributed by atoms with E-state index in [0.717, 1.165) is 25.9 Å². The van der Waals surface area contributed by atoms with Gasteiger partial charge in [0.2, 0.25) is 5.91 Å². The lowest BCUT2D eigenvalue weighted by Gasteiger charge is -2.27. The van der Waals surface area contributed by atoms with Crippen molar-refractivity contribution in [3.63, 3.8) is 0 Å². The average molecular weight is 268 g/mol. The standard InChI is InChI=1S/C13H20N2O2S/c1-2-11(9-16)14-7-13(17)15-5-3-12-10(8-15)4-6-18-12/h4,6,11,14,16H,2-3,5,7-9H2,1H3. The van der Waals surface area contributed by atoms with E-state index in [9.17, 15) is 4.79 Å². The molecule has 1 atom stereocenters. The molecule has 0 saturated carbocycles. The van der Waals surface area contributed by atoms with E-state index in [4.69, 9.17) is 5.11 Å². The third-order valence-electron chi connectivity index (χ3n) is 3.42. The minimum atomic E-state index is 0.0236. The molecule has 1 aliphatic heterocycles. The number of nitrogens with zero attached hydrogens (tertiary/aromatic N) is 1. The van der Waals surface area contributed by atoms with Gasteiger partial charge in [0, 0.05) is 24.0 Å². The van der Waals surface area contributed by atoms with Crippen LogP contribution in [0, 0.1) is 0 Å². The van der Waals surface area contributed by atoms with Crippen molar-refractivity contribution in [1.29, 1.82) is 0 Å². The van der Waals surface area contributed by atoms with Crippen molar-refractivity contribution in [2.24, 2.45) is 0 Å². The zero-order valence-corrected chi connectivity index (χ0v) is 11.5. The molecule has 0 aliphatic carbocycles. The highest BCUT2D eigenvalue weighted by molar-refractivity contribution is 7.10. The number of fused-ring (bicyclic) bond motifs is 1. The summed E-state index contributed by atoms with van der Waals surface area (Å²) in [6.45, 7) is 3.94. The summed E-state index contributed by atoms with van der Waals surface area (Å²) in [4.78, 5) is 15.4. The molecule has 0 spiro atoms. The first-order valence-electron chi connectivity index (χ1n) is 6.41. The maximum atomic E-state index is 12.1. The third-order valence-corrected chi connectivity index (χ3v) is 4.44. The summed E-state index contributed by atoms with van der Waals surface area (Å²) in [7, 11) is 0. The molecule has 4 nitrogen and oxygen atoms in total. The fourth-order valence-corrected chi connectivity index (χ4v) is 3.03. The van der Waals surface area contributed by atoms with E-state index in [1.807, 2.05) is 11.8 Å². The van der Waals surface area contributed by atoms with Crippen molar-refractivity contribution < 1.29 is 9.90 Å². The first-order valence-corrected chi connectivity index (χ1v) is 7.29. The zero-order chi connectivity index (χ0) is 13.0. The largest absolute Gasteiger partial charge is 0.395 e. The number of aliphatic hydroxyl groups is 1. The van der Waals surface area contributed by atoms with E-state index in [2.05, 4.69) is 16.8 Å². The minimum Gasteiger partial charge on any atom is -0.395 e. The van der Waals surface area contributed by atoms with E-state index in [1.54, 1.807) is 11.3 Å². The molecule has 0 bridgehead atoms. The van der Waals surface area contributed by atoms with Gasteiger partial charge in [0.05, 0.1) is 13.2 Å². The molecule has 100 valence electrons. The maximum absolute atomic E-state index is 12.1. The van der Waals surface area contributed by atoms with Crippen LogP contribution in [-0.4, -0.2) is 41.7 Å². The molecule has 2 heterocycles. The Kier molecular flexibility index (Phi) is 4.74. The van der Waals surface area contributed by atoms with Crippen LogP contribution in [0.1, 0.15) is 23.8 Å². The molecule has 2 N–H and O–H groups in total. The highest BCUT2D eigenvalue weighted by Crippen LogP contribution is 2.23. The van der Waals surface area contributed by atoms with E-state index in [-0.39, 0.29) is 18.6 Å². The van der Waals surface area contributed by atoms with E-state index in [0.29, 0.717) is 6.54 Å². The van der Waals surface area contributed by atoms with Gasteiger partial charge in [0.1, 0.15) is 0 Å². The van der Waals surface area contributed by atoms with Gasteiger partial charge in [-0.05, 0) is 29.9 Å². The molecule has 1 unspecified atom stereocenters. The number of hydrogen-bond donors (Lipinski definition) is 2. The van der Waals surface area contributed by atoms with Crippen molar-refractivity contribution >= 4 is 17.2 Å². The number of hydrogen-bond acceptors (Lipinski definition) is 4. The van der Waals surface area contributed by atoms with E-state index >= 15 is 0 Å². The van der Waals surface area contributed by atoms with Crippen LogP contribution in [0.3, 0.4) is 0 Å². The van der Waals surface area contributed by atoms with Crippen molar-refractivity contribution in [3.8, 4) is 0 Å². The lowest BCUT2D eigenvalue weighted by Crippen LogP contribution is -2.44. The Morgan fingerprint density at radius 1 is 1.67 bits per heavy atom. The molecule has 0 fully saturated rings. The van der Waals surface area contributed by atoms with Crippen LogP contribution in [0.25, 0.3) is 0 Å². The second kappa shape index (κ2) is 6.31. The lowest BCUT2D eigenvalue weighted by molar-refractivity contribution is -0.131. The van der Waals surface area contributed by atoms with Gasteiger partial charge >= 0.3 is 0 Å². The Bertz CT molecular complexity index is 401. The Morgan fingerprint density at radius 2 is 2.50 bits per heavy atom. The van der Waals surface area contributed by atoms with Crippen LogP contribution in [0.4, 0.5) is 0 Å². The predicted octanol–water partition coefficient (Wildman–Crippen LogP) is 0.993. The molecule has 1 aromatic rings. The highest BCUT2D eigenvalue weighted by atomic mass is 32.1. The smallest absolute Gasteiger partial charge is 0.236 e. The predicted molar refractivity (Wildman–Crippen MR) is 72.6 cm³/mol. The van der Waals surface area contributed by atoms with Gasteiger partial charge in [-0.25, -0.2) is 0 Å². The van der Waals surface area contributed by atoms with Gasteiger partial charge in [-0.15, -0.1) is 11.3 Å². The van der Waals surface area contributed by atoms with Crippen molar-refractivity contribution in [2.75, 3.05) is 19.7 Å². The summed E-state index contributed by atoms with van der Waals surface area (Å²) in [6.07, 6.45) is 1.80. The first kappa shape index (κ1) is 13.5. The summed E-state index contributed by atoms with van der Waals surface area (Å²) in [5.74, 6) is 0.124. The Balaban J connectivity index is 1.84. The molecule has 2 rings (SSSR count). The van der Waals surface area contributed by atoms with E-state index in [1.165, 1.54) is 10.4 Å². The molecule has 0 radical (unpaired) electrons. The van der Waals surface area contributed by atoms with Gasteiger partial charge in [0.15, 0.2) is 0 Å². The van der Waals surface area contributed by atoms with Gasteiger partial charge in [-0.2, -0.15) is 0 Å². The first-order chi connectivity index (χ1) is 8.74. The highest BCUT2D eigenvalue weighted by Gasteiger charge is 2.21. The molecule has 18 heavy (non-hydrogen) atoms. The summed E-state index contributed by atoms with van der Waals surface area (Å²) in [6, 6.07) is 2.13. The molecule has 1 aromatic heterocycles. The SMILES string of the molecule is CCC(CO)NCC(=O)N1CCc2sccc2C1. The summed E-state index contributed by atoms with van der Waals surface area (Å²) >= 11 is 1.78. The third kappa shape index (κ3) is 3.10. The van der Waals surface area contributed by atoms with Crippen molar-refractivity contribution in [2.45, 2.75) is 32.4 Å². The molecular weight excluding hydrogens is 248 g/mol. The summed E-state index contributed by atoms with van der Waals surface area (Å²) in [5.41, 5.74) is 1.29. The number of amides is 1. The van der Waals surface area contributed by atoms with Crippen LogP contribution in [0.5, 0.6) is 0 Å². The van der Waals surface area contributed by atoms with Crippen molar-refractivity contribution in [3.05, 3.63) is 21.9 Å². The van der Waals surface area contributed by atoms with Crippen LogP contribution in [0.15, 0.2) is 11.4 Å². The molecule has 5 heteroatoms. The lowest BCUT2D eigenvalue weighted by atomic mass is 10.1. The normalized spacial score (nSPS) is 16.4. The number of thiophene rings is 1. The van der Waals surface area contributed by atoms with Gasteiger partial charge < -0.3 is 15.3 Å². The van der Waals surface area contributed by atoms with Crippen LogP contribution >= 0.6 is 11.3 Å². The topological polar surface area (TPSA) is 52.6 Å². The monoisotopic (exact) mass is 268 g/mol. The fourth-order valence-electron chi connectivity index (χ4n) is 2.14. The van der Waals surface area contributed by atoms with E-state index < -0.39 is 0 Å². The summed E-state index contributed by atoms with van der Waals surface area (Å²) < 4.78 is 0. The molecule has 1 amide bonds. The minimum absolute atomic E-state index is 0.0236. The average Bonchev–Trinajstić information content (AvgIpc) is 2.86. The quantitative estimate of drug-likeness (QED) is 0.837. The van der Waals surface area contributed by atoms with Crippen molar-refractivity contribution in [1.82, 2.24) is 10.2 Å². The Morgan fingerprint density at radius 3 is 3.22 bits per heavy atom. The van der Waals surface area contributed by atoms with Gasteiger partial charge in [0.25, 0.3) is 0 Å². The van der Waals surface area contributed by atoms with Gasteiger partial charge in [-0.1, -0.05) is 6.92 Å². The molecule has 1 aliphatic rings. The number of carbonyl (C=O) groups excluding carboxylic acids is 1. The number of nitrogens with one attached hydrogen (secondary N) is 1. The summed E-state index contributed by atoms with van der Waals surface area (Å²) in [5, 5.41) is 14.3. The van der Waals surface area contributed by atoms with Crippen LogP contribution < -0.4 is 5.32 Å². The van der Waals surface area contributed by atoms with Crippen LogP contribution in [-0.2, 0) is 17.8 Å². The molecule has 0 aromatic carbocycles. The number of carbonyl (C=O) groups is 1. The fraction of sp³-hybridized carbons (Fsp3) is 0.615. The number of aliphatic hydroxyl groups excluding tert-OH is 1.